The second-order valence-corrected chi connectivity index (χ2v) is 6.41. The Morgan fingerprint density at radius 2 is 2.00 bits per heavy atom. The summed E-state index contributed by atoms with van der Waals surface area (Å²) >= 11 is 5.78. The molecule has 144 valence electrons. The van der Waals surface area contributed by atoms with E-state index in [1.807, 2.05) is 6.92 Å². The number of hydrogen-bond acceptors (Lipinski definition) is 9. The highest BCUT2D eigenvalue weighted by atomic mass is 35.5. The van der Waals surface area contributed by atoms with Crippen molar-refractivity contribution in [2.45, 2.75) is 25.9 Å². The van der Waals surface area contributed by atoms with E-state index in [0.29, 0.717) is 34.9 Å². The molecule has 0 saturated carbocycles. The van der Waals surface area contributed by atoms with Crippen LogP contribution in [0.15, 0.2) is 12.1 Å². The molecule has 0 bridgehead atoms. The largest absolute Gasteiger partial charge is 0.508 e. The normalized spacial score (nSPS) is 12.3. The second kappa shape index (κ2) is 7.80. The van der Waals surface area contributed by atoms with Crippen LogP contribution in [0.3, 0.4) is 0 Å². The molecule has 1 aromatic carbocycles. The maximum absolute atomic E-state index is 10.0. The number of nitrogens with one attached hydrogen (secondary N) is 2. The summed E-state index contributed by atoms with van der Waals surface area (Å²) in [5.74, 6) is 0.533. The zero-order valence-corrected chi connectivity index (χ0v) is 15.6. The SMILES string of the molecule is CCC(CO)Nc1nc(NCc2cc(O)c(Cl)cc2O)c2nnn(C)c2n1. The molecule has 0 saturated heterocycles. The van der Waals surface area contributed by atoms with Gasteiger partial charge in [-0.15, -0.1) is 5.10 Å². The number of fused-ring (bicyclic) bond motifs is 1. The molecule has 27 heavy (non-hydrogen) atoms. The van der Waals surface area contributed by atoms with Gasteiger partial charge >= 0.3 is 0 Å². The van der Waals surface area contributed by atoms with Gasteiger partial charge in [0.25, 0.3) is 0 Å². The van der Waals surface area contributed by atoms with Gasteiger partial charge in [-0.1, -0.05) is 23.7 Å². The third-order valence-electron chi connectivity index (χ3n) is 4.09. The second-order valence-electron chi connectivity index (χ2n) is 6.00. The summed E-state index contributed by atoms with van der Waals surface area (Å²) in [5.41, 5.74) is 1.40. The van der Waals surface area contributed by atoms with Crippen LogP contribution in [-0.2, 0) is 13.6 Å². The monoisotopic (exact) mass is 393 g/mol. The molecule has 0 amide bonds. The number of nitrogens with zero attached hydrogens (tertiary/aromatic N) is 5. The minimum atomic E-state index is -0.186. The number of halogens is 1. The van der Waals surface area contributed by atoms with Crippen molar-refractivity contribution < 1.29 is 15.3 Å². The van der Waals surface area contributed by atoms with Crippen molar-refractivity contribution in [1.82, 2.24) is 25.0 Å². The van der Waals surface area contributed by atoms with E-state index in [1.165, 1.54) is 16.8 Å². The molecular formula is C16H20ClN7O3. The van der Waals surface area contributed by atoms with Gasteiger partial charge < -0.3 is 26.0 Å². The number of aromatic hydroxyl groups is 2. The Hall–Kier alpha value is -2.85. The van der Waals surface area contributed by atoms with Crippen LogP contribution in [-0.4, -0.2) is 52.9 Å². The Balaban J connectivity index is 1.92. The van der Waals surface area contributed by atoms with Crippen LogP contribution in [0.2, 0.25) is 5.02 Å². The van der Waals surface area contributed by atoms with Gasteiger partial charge in [-0.25, -0.2) is 4.68 Å². The molecule has 2 aromatic heterocycles. The lowest BCUT2D eigenvalue weighted by Gasteiger charge is -2.15. The number of hydrogen-bond donors (Lipinski definition) is 5. The van der Waals surface area contributed by atoms with Crippen LogP contribution >= 0.6 is 11.6 Å². The highest BCUT2D eigenvalue weighted by Gasteiger charge is 2.16. The van der Waals surface area contributed by atoms with E-state index < -0.39 is 0 Å². The Morgan fingerprint density at radius 1 is 1.22 bits per heavy atom. The number of phenolic OH excluding ortho intramolecular Hbond substituents is 2. The van der Waals surface area contributed by atoms with E-state index in [0.717, 1.165) is 0 Å². The topological polar surface area (TPSA) is 141 Å². The molecule has 0 aliphatic rings. The Bertz CT molecular complexity index is 959. The van der Waals surface area contributed by atoms with Crippen molar-refractivity contribution in [2.75, 3.05) is 17.2 Å². The highest BCUT2D eigenvalue weighted by Crippen LogP contribution is 2.31. The molecule has 3 aromatic rings. The average Bonchev–Trinajstić information content (AvgIpc) is 3.02. The van der Waals surface area contributed by atoms with Crippen molar-refractivity contribution >= 4 is 34.5 Å². The highest BCUT2D eigenvalue weighted by molar-refractivity contribution is 6.32. The van der Waals surface area contributed by atoms with Gasteiger partial charge in [-0.3, -0.25) is 0 Å². The zero-order valence-electron chi connectivity index (χ0n) is 14.8. The zero-order chi connectivity index (χ0) is 19.6. The molecule has 0 radical (unpaired) electrons. The fraction of sp³-hybridized carbons (Fsp3) is 0.375. The number of phenols is 2. The summed E-state index contributed by atoms with van der Waals surface area (Å²) in [6, 6.07) is 2.46. The molecule has 10 nitrogen and oxygen atoms in total. The number of benzene rings is 1. The van der Waals surface area contributed by atoms with Crippen molar-refractivity contribution in [3.8, 4) is 11.5 Å². The van der Waals surface area contributed by atoms with Crippen LogP contribution in [0.5, 0.6) is 11.5 Å². The molecule has 0 fully saturated rings. The minimum absolute atomic E-state index is 0.0534. The fourth-order valence-electron chi connectivity index (χ4n) is 2.48. The van der Waals surface area contributed by atoms with Gasteiger partial charge in [-0.2, -0.15) is 9.97 Å². The van der Waals surface area contributed by atoms with Crippen LogP contribution in [0, 0.1) is 0 Å². The molecule has 0 spiro atoms. The molecule has 2 heterocycles. The van der Waals surface area contributed by atoms with Crippen molar-refractivity contribution in [2.24, 2.45) is 7.05 Å². The van der Waals surface area contributed by atoms with E-state index >= 15 is 0 Å². The number of aryl methyl sites for hydroxylation is 1. The molecule has 0 aliphatic heterocycles. The predicted octanol–water partition coefficient (Wildman–Crippen LogP) is 1.62. The van der Waals surface area contributed by atoms with Crippen LogP contribution in [0.25, 0.3) is 11.2 Å². The molecular weight excluding hydrogens is 374 g/mol. The maximum atomic E-state index is 10.0. The number of rotatable bonds is 7. The maximum Gasteiger partial charge on any atom is 0.227 e. The lowest BCUT2D eigenvalue weighted by Crippen LogP contribution is -2.24. The van der Waals surface area contributed by atoms with Crippen LogP contribution in [0.1, 0.15) is 18.9 Å². The van der Waals surface area contributed by atoms with Crippen molar-refractivity contribution in [3.05, 3.63) is 22.7 Å². The van der Waals surface area contributed by atoms with Gasteiger partial charge in [0.2, 0.25) is 5.95 Å². The minimum Gasteiger partial charge on any atom is -0.508 e. The lowest BCUT2D eigenvalue weighted by atomic mass is 10.2. The first-order valence-corrected chi connectivity index (χ1v) is 8.69. The van der Waals surface area contributed by atoms with Crippen LogP contribution < -0.4 is 10.6 Å². The Kier molecular flexibility index (Phi) is 5.47. The van der Waals surface area contributed by atoms with Gasteiger partial charge in [0.15, 0.2) is 17.0 Å². The third kappa shape index (κ3) is 3.96. The summed E-state index contributed by atoms with van der Waals surface area (Å²) in [6.07, 6.45) is 0.697. The van der Waals surface area contributed by atoms with E-state index in [2.05, 4.69) is 30.9 Å². The van der Waals surface area contributed by atoms with Crippen LogP contribution in [0.4, 0.5) is 11.8 Å². The first kappa shape index (κ1) is 18.9. The molecule has 5 N–H and O–H groups in total. The summed E-state index contributed by atoms with van der Waals surface area (Å²) in [5, 5.41) is 43.4. The Labute approximate surface area is 159 Å². The first-order chi connectivity index (χ1) is 12.9. The first-order valence-electron chi connectivity index (χ1n) is 8.32. The quantitative estimate of drug-likeness (QED) is 0.378. The van der Waals surface area contributed by atoms with Gasteiger partial charge in [-0.05, 0) is 12.5 Å². The standard InChI is InChI=1S/C16H20ClN7O3/c1-3-9(7-25)19-16-20-14(13-15(21-16)24(2)23-22-13)18-6-8-4-12(27)10(17)5-11(8)26/h4-5,9,25-27H,3,6-7H2,1-2H3,(H2,18,19,20,21). The van der Waals surface area contributed by atoms with Crippen molar-refractivity contribution in [3.63, 3.8) is 0 Å². The molecule has 1 atom stereocenters. The summed E-state index contributed by atoms with van der Waals surface area (Å²) < 4.78 is 1.51. The molecule has 3 rings (SSSR count). The van der Waals surface area contributed by atoms with E-state index in [-0.39, 0.29) is 35.7 Å². The van der Waals surface area contributed by atoms with Gasteiger partial charge in [0, 0.05) is 25.2 Å². The average molecular weight is 394 g/mol. The lowest BCUT2D eigenvalue weighted by molar-refractivity contribution is 0.271. The fourth-order valence-corrected chi connectivity index (χ4v) is 2.64. The predicted molar refractivity (Wildman–Crippen MR) is 101 cm³/mol. The summed E-state index contributed by atoms with van der Waals surface area (Å²) in [6.45, 7) is 2.05. The smallest absolute Gasteiger partial charge is 0.227 e. The summed E-state index contributed by atoms with van der Waals surface area (Å²) in [7, 11) is 1.71. The molecule has 1 unspecified atom stereocenters. The summed E-state index contributed by atoms with van der Waals surface area (Å²) in [4.78, 5) is 8.79. The number of aliphatic hydroxyl groups is 1. The number of aliphatic hydroxyl groups excluding tert-OH is 1. The van der Waals surface area contributed by atoms with Gasteiger partial charge in [0.05, 0.1) is 17.7 Å². The van der Waals surface area contributed by atoms with E-state index in [9.17, 15) is 15.3 Å². The van der Waals surface area contributed by atoms with Gasteiger partial charge in [0.1, 0.15) is 11.5 Å². The van der Waals surface area contributed by atoms with Crippen molar-refractivity contribution in [1.29, 1.82) is 0 Å². The molecule has 0 aliphatic carbocycles. The van der Waals surface area contributed by atoms with E-state index in [4.69, 9.17) is 11.6 Å². The Morgan fingerprint density at radius 3 is 2.70 bits per heavy atom. The molecule has 11 heteroatoms. The number of aromatic nitrogens is 5. The third-order valence-corrected chi connectivity index (χ3v) is 4.39. The van der Waals surface area contributed by atoms with E-state index in [1.54, 1.807) is 7.05 Å². The number of anilines is 2.